The number of amides is 1. The van der Waals surface area contributed by atoms with Crippen LogP contribution >= 0.6 is 0 Å². The van der Waals surface area contributed by atoms with Crippen molar-refractivity contribution in [2.24, 2.45) is 0 Å². The minimum atomic E-state index is -1.55. The zero-order valence-corrected chi connectivity index (χ0v) is 7.57. The van der Waals surface area contributed by atoms with Crippen molar-refractivity contribution in [2.75, 3.05) is 13.6 Å². The molecular weight excluding hydrogens is 176 g/mol. The number of carboxylic acids is 1. The highest BCUT2D eigenvalue weighted by Crippen LogP contribution is 1.83. The van der Waals surface area contributed by atoms with Gasteiger partial charge < -0.3 is 20.8 Å². The van der Waals surface area contributed by atoms with E-state index in [1.807, 2.05) is 0 Å². The fourth-order valence-electron chi connectivity index (χ4n) is 0.569. The quantitative estimate of drug-likeness (QED) is 0.408. The maximum atomic E-state index is 11.0. The van der Waals surface area contributed by atoms with Crippen molar-refractivity contribution in [2.45, 2.75) is 19.1 Å². The Kier molecular flexibility index (Phi) is 5.01. The molecule has 6 heteroatoms. The van der Waals surface area contributed by atoms with Crippen LogP contribution in [0.3, 0.4) is 0 Å². The van der Waals surface area contributed by atoms with Gasteiger partial charge >= 0.3 is 5.97 Å². The number of likely N-dealkylation sites (N-methyl/N-ethyl adjacent to an activating group) is 1. The van der Waals surface area contributed by atoms with Crippen LogP contribution in [0.15, 0.2) is 0 Å². The van der Waals surface area contributed by atoms with Gasteiger partial charge in [0.05, 0.1) is 12.6 Å². The van der Waals surface area contributed by atoms with Gasteiger partial charge in [0.15, 0.2) is 6.10 Å². The molecule has 0 saturated carbocycles. The molecule has 4 N–H and O–H groups in total. The molecule has 1 unspecified atom stereocenters. The number of carbonyl (C=O) groups excluding carboxylic acids is 1. The second-order valence-electron chi connectivity index (χ2n) is 2.61. The fourth-order valence-corrected chi connectivity index (χ4v) is 0.569. The number of nitrogens with one attached hydrogen (secondary N) is 2. The Balaban J connectivity index is 3.76. The lowest BCUT2D eigenvalue weighted by Gasteiger charge is -2.11. The Labute approximate surface area is 75.9 Å². The normalized spacial score (nSPS) is 14.7. The number of aliphatic hydroxyl groups is 1. The number of rotatable bonds is 5. The van der Waals surface area contributed by atoms with Crippen LogP contribution in [0.2, 0.25) is 0 Å². The highest BCUT2D eigenvalue weighted by Gasteiger charge is 2.16. The molecule has 0 saturated heterocycles. The zero-order chi connectivity index (χ0) is 10.4. The number of aliphatic carboxylic acids is 1. The Bertz CT molecular complexity index is 195. The van der Waals surface area contributed by atoms with Crippen molar-refractivity contribution in [1.29, 1.82) is 0 Å². The molecule has 0 fully saturated rings. The molecule has 13 heavy (non-hydrogen) atoms. The number of carbonyl (C=O) groups is 2. The summed E-state index contributed by atoms with van der Waals surface area (Å²) in [4.78, 5) is 21.2. The van der Waals surface area contributed by atoms with E-state index in [0.29, 0.717) is 0 Å². The van der Waals surface area contributed by atoms with Crippen molar-refractivity contribution in [3.8, 4) is 0 Å². The average Bonchev–Trinajstić information content (AvgIpc) is 2.11. The van der Waals surface area contributed by atoms with Gasteiger partial charge in [-0.1, -0.05) is 0 Å². The minimum absolute atomic E-state index is 0.278. The molecule has 2 atom stereocenters. The van der Waals surface area contributed by atoms with Crippen LogP contribution in [0, 0.1) is 0 Å². The summed E-state index contributed by atoms with van der Waals surface area (Å²) in [6, 6.07) is -0.402. The van der Waals surface area contributed by atoms with Gasteiger partial charge in [0.2, 0.25) is 5.91 Å². The lowest BCUT2D eigenvalue weighted by atomic mass is 10.3. The molecule has 0 aromatic rings. The maximum absolute atomic E-state index is 11.0. The molecule has 0 aliphatic rings. The molecule has 0 heterocycles. The van der Waals surface area contributed by atoms with Crippen molar-refractivity contribution in [3.05, 3.63) is 0 Å². The topological polar surface area (TPSA) is 98.7 Å². The van der Waals surface area contributed by atoms with E-state index in [2.05, 4.69) is 10.6 Å². The molecule has 6 nitrogen and oxygen atoms in total. The summed E-state index contributed by atoms with van der Waals surface area (Å²) in [5.74, 6) is -1.69. The lowest BCUT2D eigenvalue weighted by molar-refractivity contribution is -0.146. The molecule has 1 amide bonds. The first-order valence-corrected chi connectivity index (χ1v) is 3.85. The Hall–Kier alpha value is -1.14. The van der Waals surface area contributed by atoms with E-state index >= 15 is 0 Å². The van der Waals surface area contributed by atoms with E-state index in [1.165, 1.54) is 0 Å². The third-order valence-electron chi connectivity index (χ3n) is 1.58. The van der Waals surface area contributed by atoms with Crippen LogP contribution in [0.1, 0.15) is 6.92 Å². The predicted molar refractivity (Wildman–Crippen MR) is 45.2 cm³/mol. The van der Waals surface area contributed by atoms with Gasteiger partial charge in [0, 0.05) is 0 Å². The predicted octanol–water partition coefficient (Wildman–Crippen LogP) is -1.84. The Morgan fingerprint density at radius 2 is 2.00 bits per heavy atom. The number of hydrogen-bond donors (Lipinski definition) is 4. The second-order valence-corrected chi connectivity index (χ2v) is 2.61. The molecule has 0 rings (SSSR count). The van der Waals surface area contributed by atoms with Gasteiger partial charge in [-0.2, -0.15) is 0 Å². The van der Waals surface area contributed by atoms with Crippen LogP contribution in [0.4, 0.5) is 0 Å². The second kappa shape index (κ2) is 5.50. The summed E-state index contributed by atoms with van der Waals surface area (Å²) >= 11 is 0. The van der Waals surface area contributed by atoms with E-state index < -0.39 is 18.1 Å². The molecular formula is C7H14N2O4. The third-order valence-corrected chi connectivity index (χ3v) is 1.58. The third kappa shape index (κ3) is 4.44. The smallest absolute Gasteiger partial charge is 0.334 e. The summed E-state index contributed by atoms with van der Waals surface area (Å²) in [6.07, 6.45) is -1.55. The zero-order valence-electron chi connectivity index (χ0n) is 7.57. The van der Waals surface area contributed by atoms with Gasteiger partial charge in [-0.25, -0.2) is 4.79 Å². The van der Waals surface area contributed by atoms with Crippen LogP contribution in [0.5, 0.6) is 0 Å². The van der Waals surface area contributed by atoms with Crippen LogP contribution in [-0.4, -0.2) is 47.8 Å². The van der Waals surface area contributed by atoms with E-state index in [-0.39, 0.29) is 12.5 Å². The molecule has 0 radical (unpaired) electrons. The van der Waals surface area contributed by atoms with E-state index in [1.54, 1.807) is 14.0 Å². The molecule has 0 bridgehead atoms. The van der Waals surface area contributed by atoms with Crippen molar-refractivity contribution in [1.82, 2.24) is 10.6 Å². The molecule has 0 aliphatic heterocycles. The highest BCUT2D eigenvalue weighted by molar-refractivity contribution is 5.82. The monoisotopic (exact) mass is 190 g/mol. The van der Waals surface area contributed by atoms with Gasteiger partial charge in [-0.3, -0.25) is 4.79 Å². The van der Waals surface area contributed by atoms with Gasteiger partial charge in [-0.15, -0.1) is 0 Å². The van der Waals surface area contributed by atoms with Crippen LogP contribution in [0.25, 0.3) is 0 Å². The number of aliphatic hydroxyl groups excluding tert-OH is 1. The van der Waals surface area contributed by atoms with E-state index in [0.717, 1.165) is 0 Å². The maximum Gasteiger partial charge on any atom is 0.334 e. The largest absolute Gasteiger partial charge is 0.479 e. The number of hydrogen-bond acceptors (Lipinski definition) is 4. The van der Waals surface area contributed by atoms with Crippen molar-refractivity contribution < 1.29 is 19.8 Å². The molecule has 0 aromatic carbocycles. The molecule has 0 aromatic heterocycles. The standard InChI is InChI=1S/C7H14N2O4/c1-4(8-2)6(11)9-3-5(10)7(12)13/h4-5,8,10H,3H2,1-2H3,(H,9,11)(H,12,13)/t4?,5-/m0/s1. The summed E-state index contributed by atoms with van der Waals surface area (Å²) in [5.41, 5.74) is 0. The average molecular weight is 190 g/mol. The van der Waals surface area contributed by atoms with Gasteiger partial charge in [0.25, 0.3) is 0 Å². The van der Waals surface area contributed by atoms with Crippen molar-refractivity contribution in [3.63, 3.8) is 0 Å². The Morgan fingerprint density at radius 1 is 1.46 bits per heavy atom. The first-order valence-electron chi connectivity index (χ1n) is 3.85. The minimum Gasteiger partial charge on any atom is -0.479 e. The summed E-state index contributed by atoms with van der Waals surface area (Å²) in [7, 11) is 1.61. The lowest BCUT2D eigenvalue weighted by Crippen LogP contribution is -2.44. The van der Waals surface area contributed by atoms with E-state index in [4.69, 9.17) is 10.2 Å². The van der Waals surface area contributed by atoms with Gasteiger partial charge in [-0.05, 0) is 14.0 Å². The molecule has 0 aliphatic carbocycles. The van der Waals surface area contributed by atoms with Crippen LogP contribution in [-0.2, 0) is 9.59 Å². The molecule has 76 valence electrons. The van der Waals surface area contributed by atoms with Crippen molar-refractivity contribution >= 4 is 11.9 Å². The summed E-state index contributed by atoms with van der Waals surface area (Å²) < 4.78 is 0. The number of carboxylic acid groups (broad SMARTS) is 1. The van der Waals surface area contributed by atoms with E-state index in [9.17, 15) is 9.59 Å². The highest BCUT2D eigenvalue weighted by atomic mass is 16.4. The Morgan fingerprint density at radius 3 is 2.38 bits per heavy atom. The van der Waals surface area contributed by atoms with Gasteiger partial charge in [0.1, 0.15) is 0 Å². The first-order chi connectivity index (χ1) is 5.99. The summed E-state index contributed by atoms with van der Waals surface area (Å²) in [5, 5.41) is 22.0. The fraction of sp³-hybridized carbons (Fsp3) is 0.714. The summed E-state index contributed by atoms with van der Waals surface area (Å²) in [6.45, 7) is 1.35. The van der Waals surface area contributed by atoms with Crippen LogP contribution < -0.4 is 10.6 Å². The molecule has 0 spiro atoms. The SMILES string of the molecule is CNC(C)C(=O)NC[C@H](O)C(=O)O. The first kappa shape index (κ1) is 11.9.